The second-order valence-corrected chi connectivity index (χ2v) is 6.01. The lowest BCUT2D eigenvalue weighted by molar-refractivity contribution is 0.609. The Morgan fingerprint density at radius 1 is 1.08 bits per heavy atom. The standard InChI is InChI=1S/C8H13Cl5/c1-2-3-4-5-6(9)8(12,13)7(10)11/h6-7H,2-5H2,1H3. The maximum atomic E-state index is 5.97. The van der Waals surface area contributed by atoms with Crippen molar-refractivity contribution in [3.63, 3.8) is 0 Å². The van der Waals surface area contributed by atoms with E-state index in [0.29, 0.717) is 0 Å². The largest absolute Gasteiger partial charge is 0.164 e. The molecular formula is C8H13Cl5. The van der Waals surface area contributed by atoms with Crippen LogP contribution in [0.5, 0.6) is 0 Å². The highest BCUT2D eigenvalue weighted by Gasteiger charge is 2.39. The molecule has 0 aliphatic rings. The average Bonchev–Trinajstić information content (AvgIpc) is 2.04. The molecule has 1 unspecified atom stereocenters. The molecule has 1 atom stereocenters. The van der Waals surface area contributed by atoms with Gasteiger partial charge in [0, 0.05) is 0 Å². The Bertz CT molecular complexity index is 134. The minimum atomic E-state index is -1.25. The molecule has 0 aromatic rings. The van der Waals surface area contributed by atoms with E-state index in [1.807, 2.05) is 0 Å². The molecule has 0 aliphatic carbocycles. The van der Waals surface area contributed by atoms with Gasteiger partial charge in [0.05, 0.1) is 5.38 Å². The third kappa shape index (κ3) is 5.18. The molecule has 0 aromatic carbocycles. The van der Waals surface area contributed by atoms with E-state index < -0.39 is 14.5 Å². The Labute approximate surface area is 105 Å². The van der Waals surface area contributed by atoms with Gasteiger partial charge in [-0.3, -0.25) is 0 Å². The van der Waals surface area contributed by atoms with Crippen LogP contribution >= 0.6 is 58.0 Å². The second-order valence-electron chi connectivity index (χ2n) is 2.94. The first kappa shape index (κ1) is 14.5. The fourth-order valence-electron chi connectivity index (χ4n) is 0.903. The fourth-order valence-corrected chi connectivity index (χ4v) is 1.83. The van der Waals surface area contributed by atoms with Crippen molar-refractivity contribution in [2.45, 2.75) is 47.2 Å². The van der Waals surface area contributed by atoms with Crippen LogP contribution in [0.1, 0.15) is 32.6 Å². The number of alkyl halides is 5. The molecule has 0 aliphatic heterocycles. The SMILES string of the molecule is CCCCCC(Cl)C(Cl)(Cl)C(Cl)Cl. The second kappa shape index (κ2) is 6.85. The molecule has 0 aromatic heterocycles. The highest BCUT2D eigenvalue weighted by molar-refractivity contribution is 6.62. The van der Waals surface area contributed by atoms with Crippen molar-refractivity contribution >= 4 is 58.0 Å². The first-order valence-electron chi connectivity index (χ1n) is 4.23. The minimum absolute atomic E-state index is 0.401. The summed E-state index contributed by atoms with van der Waals surface area (Å²) < 4.78 is -1.25. The van der Waals surface area contributed by atoms with E-state index >= 15 is 0 Å². The van der Waals surface area contributed by atoms with Gasteiger partial charge in [-0.05, 0) is 6.42 Å². The van der Waals surface area contributed by atoms with Gasteiger partial charge in [0.1, 0.15) is 4.84 Å². The minimum Gasteiger partial charge on any atom is -0.120 e. The third-order valence-electron chi connectivity index (χ3n) is 1.77. The van der Waals surface area contributed by atoms with E-state index in [-0.39, 0.29) is 0 Å². The molecule has 0 amide bonds. The number of hydrogen-bond acceptors (Lipinski definition) is 0. The van der Waals surface area contributed by atoms with Gasteiger partial charge in [-0.1, -0.05) is 49.4 Å². The average molecular weight is 286 g/mol. The Morgan fingerprint density at radius 2 is 1.62 bits per heavy atom. The molecule has 0 spiro atoms. The van der Waals surface area contributed by atoms with Crippen LogP contribution < -0.4 is 0 Å². The van der Waals surface area contributed by atoms with E-state index in [9.17, 15) is 0 Å². The van der Waals surface area contributed by atoms with E-state index in [1.165, 1.54) is 0 Å². The first-order valence-corrected chi connectivity index (χ1v) is 6.29. The van der Waals surface area contributed by atoms with Crippen LogP contribution in [0, 0.1) is 0 Å². The highest BCUT2D eigenvalue weighted by Crippen LogP contribution is 2.40. The van der Waals surface area contributed by atoms with Crippen molar-refractivity contribution < 1.29 is 0 Å². The summed E-state index contributed by atoms with van der Waals surface area (Å²) in [6.07, 6.45) is 3.97. The summed E-state index contributed by atoms with van der Waals surface area (Å²) in [6, 6.07) is 0. The Balaban J connectivity index is 3.87. The molecule has 0 fully saturated rings. The number of hydrogen-bond donors (Lipinski definition) is 0. The smallest absolute Gasteiger partial charge is 0.120 e. The van der Waals surface area contributed by atoms with Crippen molar-refractivity contribution in [2.24, 2.45) is 0 Å². The summed E-state index contributed by atoms with van der Waals surface area (Å²) in [5.41, 5.74) is 0. The maximum absolute atomic E-state index is 5.97. The first-order chi connectivity index (χ1) is 5.92. The number of unbranched alkanes of at least 4 members (excludes halogenated alkanes) is 2. The van der Waals surface area contributed by atoms with Gasteiger partial charge in [0.25, 0.3) is 0 Å². The van der Waals surface area contributed by atoms with Crippen LogP contribution in [0.3, 0.4) is 0 Å². The van der Waals surface area contributed by atoms with Crippen molar-refractivity contribution in [3.8, 4) is 0 Å². The van der Waals surface area contributed by atoms with E-state index in [0.717, 1.165) is 25.7 Å². The Kier molecular flexibility index (Phi) is 7.61. The van der Waals surface area contributed by atoms with Crippen LogP contribution in [0.4, 0.5) is 0 Å². The molecule has 0 bridgehead atoms. The number of rotatable bonds is 6. The molecule has 13 heavy (non-hydrogen) atoms. The van der Waals surface area contributed by atoms with Gasteiger partial charge in [-0.2, -0.15) is 0 Å². The highest BCUT2D eigenvalue weighted by atomic mass is 35.5. The van der Waals surface area contributed by atoms with Gasteiger partial charge >= 0.3 is 0 Å². The molecule has 0 heterocycles. The van der Waals surface area contributed by atoms with Crippen molar-refractivity contribution in [2.75, 3.05) is 0 Å². The van der Waals surface area contributed by atoms with E-state index in [1.54, 1.807) is 0 Å². The van der Waals surface area contributed by atoms with Gasteiger partial charge < -0.3 is 0 Å². The van der Waals surface area contributed by atoms with Crippen LogP contribution in [-0.2, 0) is 0 Å². The summed E-state index contributed by atoms with van der Waals surface area (Å²) in [7, 11) is 0. The van der Waals surface area contributed by atoms with Crippen LogP contribution in [0.2, 0.25) is 0 Å². The number of halogens is 5. The molecule has 80 valence electrons. The maximum Gasteiger partial charge on any atom is 0.164 e. The lowest BCUT2D eigenvalue weighted by Gasteiger charge is -2.25. The zero-order chi connectivity index (χ0) is 10.5. The summed E-state index contributed by atoms with van der Waals surface area (Å²) in [5, 5.41) is -0.401. The summed E-state index contributed by atoms with van der Waals surface area (Å²) in [4.78, 5) is -0.861. The van der Waals surface area contributed by atoms with Crippen molar-refractivity contribution in [1.29, 1.82) is 0 Å². The van der Waals surface area contributed by atoms with E-state index in [4.69, 9.17) is 58.0 Å². The fraction of sp³-hybridized carbons (Fsp3) is 1.00. The monoisotopic (exact) mass is 284 g/mol. The molecule has 0 radical (unpaired) electrons. The van der Waals surface area contributed by atoms with E-state index in [2.05, 4.69) is 6.92 Å². The molecule has 0 saturated carbocycles. The van der Waals surface area contributed by atoms with Gasteiger partial charge in [-0.15, -0.1) is 34.8 Å². The molecule has 0 N–H and O–H groups in total. The predicted octanol–water partition coefficient (Wildman–Crippen LogP) is 5.15. The topological polar surface area (TPSA) is 0 Å². The quantitative estimate of drug-likeness (QED) is 0.468. The Morgan fingerprint density at radius 3 is 2.00 bits per heavy atom. The summed E-state index contributed by atoms with van der Waals surface area (Å²) in [6.45, 7) is 2.11. The van der Waals surface area contributed by atoms with Crippen molar-refractivity contribution in [1.82, 2.24) is 0 Å². The third-order valence-corrected chi connectivity index (χ3v) is 4.65. The summed E-state index contributed by atoms with van der Waals surface area (Å²) in [5.74, 6) is 0. The van der Waals surface area contributed by atoms with Crippen molar-refractivity contribution in [3.05, 3.63) is 0 Å². The van der Waals surface area contributed by atoms with Gasteiger partial charge in [0.15, 0.2) is 4.33 Å². The lowest BCUT2D eigenvalue weighted by Crippen LogP contribution is -2.33. The van der Waals surface area contributed by atoms with Crippen LogP contribution in [-0.4, -0.2) is 14.5 Å². The van der Waals surface area contributed by atoms with Gasteiger partial charge in [0.2, 0.25) is 0 Å². The lowest BCUT2D eigenvalue weighted by atomic mass is 10.1. The molecule has 0 nitrogen and oxygen atoms in total. The normalized spacial score (nSPS) is 15.0. The van der Waals surface area contributed by atoms with Crippen LogP contribution in [0.25, 0.3) is 0 Å². The zero-order valence-corrected chi connectivity index (χ0v) is 11.2. The predicted molar refractivity (Wildman–Crippen MR) is 63.7 cm³/mol. The Hall–Kier alpha value is 1.45. The molecule has 0 rings (SSSR count). The van der Waals surface area contributed by atoms with Gasteiger partial charge in [-0.25, -0.2) is 0 Å². The molecule has 0 saturated heterocycles. The summed E-state index contributed by atoms with van der Waals surface area (Å²) >= 11 is 28.9. The van der Waals surface area contributed by atoms with Crippen LogP contribution in [0.15, 0.2) is 0 Å². The zero-order valence-electron chi connectivity index (χ0n) is 7.37. The molecular weight excluding hydrogens is 273 g/mol. The molecule has 5 heteroatoms.